The minimum absolute atomic E-state index is 0.287. The van der Waals surface area contributed by atoms with E-state index in [9.17, 15) is 14.7 Å². The highest BCUT2D eigenvalue weighted by Crippen LogP contribution is 2.18. The van der Waals surface area contributed by atoms with Crippen LogP contribution in [-0.4, -0.2) is 66.0 Å². The lowest BCUT2D eigenvalue weighted by Crippen LogP contribution is -2.38. The van der Waals surface area contributed by atoms with E-state index in [0.717, 1.165) is 21.5 Å². The summed E-state index contributed by atoms with van der Waals surface area (Å²) >= 11 is 5.22. The van der Waals surface area contributed by atoms with Crippen LogP contribution < -0.4 is 9.47 Å². The number of nitrogens with zero attached hydrogens (tertiary/aromatic N) is 1. The largest absolute Gasteiger partial charge is 0.492 e. The molecule has 2 aromatic carbocycles. The maximum atomic E-state index is 12.8. The molecule has 2 aromatic rings. The van der Waals surface area contributed by atoms with Gasteiger partial charge in [-0.15, -0.1) is 0 Å². The number of thioether (sulfide) groups is 1. The summed E-state index contributed by atoms with van der Waals surface area (Å²) in [6.07, 6.45) is 2.61. The fraction of sp³-hybridized carbons (Fsp3) is 0.481. The average Bonchev–Trinajstić information content (AvgIpc) is 2.87. The molecule has 2 rings (SSSR count). The molecule has 9 heteroatoms. The molecule has 0 bridgehead atoms. The predicted octanol–water partition coefficient (Wildman–Crippen LogP) is 6.28. The van der Waals surface area contributed by atoms with Crippen molar-refractivity contribution < 1.29 is 28.9 Å². The lowest BCUT2D eigenvalue weighted by molar-refractivity contribution is -0.149. The third-order valence-corrected chi connectivity index (χ3v) is 6.87. The van der Waals surface area contributed by atoms with Crippen molar-refractivity contribution in [2.45, 2.75) is 45.6 Å². The number of ether oxygens (including phenoxy) is 3. The van der Waals surface area contributed by atoms with Crippen LogP contribution in [0.15, 0.2) is 53.0 Å². The van der Waals surface area contributed by atoms with Crippen molar-refractivity contribution in [3.05, 3.63) is 58.6 Å². The lowest BCUT2D eigenvalue weighted by atomic mass is 10.1. The summed E-state index contributed by atoms with van der Waals surface area (Å²) in [6, 6.07) is 14.4. The molecular weight excluding hydrogens is 546 g/mol. The van der Waals surface area contributed by atoms with E-state index < -0.39 is 18.2 Å². The Labute approximate surface area is 226 Å². The van der Waals surface area contributed by atoms with Gasteiger partial charge in [-0.1, -0.05) is 47.8 Å². The molecule has 0 aliphatic carbocycles. The van der Waals surface area contributed by atoms with Crippen LogP contribution in [0.5, 0.6) is 11.5 Å². The van der Waals surface area contributed by atoms with Gasteiger partial charge in [0.15, 0.2) is 6.10 Å². The Morgan fingerprint density at radius 1 is 0.972 bits per heavy atom. The lowest BCUT2D eigenvalue weighted by Gasteiger charge is -2.22. The zero-order chi connectivity index (χ0) is 26.2. The smallest absolute Gasteiger partial charge is 0.415 e. The molecule has 1 unspecified atom stereocenters. The first kappa shape index (κ1) is 30.0. The molecule has 0 spiro atoms. The van der Waals surface area contributed by atoms with E-state index in [1.807, 2.05) is 36.0 Å². The molecule has 198 valence electrons. The number of carboxylic acids is 1. The molecule has 0 aromatic heterocycles. The Hall–Kier alpha value is -2.23. The van der Waals surface area contributed by atoms with E-state index in [0.29, 0.717) is 37.8 Å². The van der Waals surface area contributed by atoms with Crippen LogP contribution in [0.1, 0.15) is 38.7 Å². The Balaban J connectivity index is 1.88. The third-order valence-electron chi connectivity index (χ3n) is 5.29. The Bertz CT molecular complexity index is 909. The Morgan fingerprint density at radius 2 is 1.67 bits per heavy atom. The van der Waals surface area contributed by atoms with Gasteiger partial charge in [0.05, 0.1) is 6.54 Å². The van der Waals surface area contributed by atoms with E-state index in [4.69, 9.17) is 14.2 Å². The average molecular weight is 583 g/mol. The van der Waals surface area contributed by atoms with Crippen molar-refractivity contribution in [1.29, 1.82) is 0 Å². The van der Waals surface area contributed by atoms with Gasteiger partial charge in [0, 0.05) is 29.8 Å². The van der Waals surface area contributed by atoms with E-state index in [-0.39, 0.29) is 6.42 Å². The number of rotatable bonds is 17. The predicted molar refractivity (Wildman–Crippen MR) is 147 cm³/mol. The summed E-state index contributed by atoms with van der Waals surface area (Å²) in [5.74, 6) is 2.08. The number of carbonyl (C=O) groups excluding carboxylic acids is 1. The fourth-order valence-corrected chi connectivity index (χ4v) is 4.55. The maximum absolute atomic E-state index is 12.8. The van der Waals surface area contributed by atoms with E-state index in [1.54, 1.807) is 36.1 Å². The number of benzene rings is 2. The number of carboxylic acid groups (broad SMARTS) is 1. The van der Waals surface area contributed by atoms with Crippen molar-refractivity contribution in [1.82, 2.24) is 4.90 Å². The molecule has 0 heterocycles. The van der Waals surface area contributed by atoms with Gasteiger partial charge >= 0.3 is 12.1 Å². The number of aliphatic carboxylic acids is 1. The van der Waals surface area contributed by atoms with E-state index in [2.05, 4.69) is 22.9 Å². The summed E-state index contributed by atoms with van der Waals surface area (Å²) in [7, 11) is 0. The second kappa shape index (κ2) is 17.3. The summed E-state index contributed by atoms with van der Waals surface area (Å²) in [4.78, 5) is 25.8. The number of hydrogen-bond acceptors (Lipinski definition) is 6. The first-order valence-corrected chi connectivity index (χ1v) is 14.2. The second-order valence-corrected chi connectivity index (χ2v) is 10.2. The quantitative estimate of drug-likeness (QED) is 0.220. The fourth-order valence-electron chi connectivity index (χ4n) is 3.32. The molecule has 1 atom stereocenters. The highest BCUT2D eigenvalue weighted by Gasteiger charge is 2.18. The van der Waals surface area contributed by atoms with Gasteiger partial charge in [-0.25, -0.2) is 9.59 Å². The van der Waals surface area contributed by atoms with Crippen LogP contribution in [0.2, 0.25) is 0 Å². The van der Waals surface area contributed by atoms with E-state index in [1.165, 1.54) is 19.3 Å². The molecule has 0 aliphatic heterocycles. The van der Waals surface area contributed by atoms with Gasteiger partial charge < -0.3 is 24.2 Å². The maximum Gasteiger partial charge on any atom is 0.415 e. The minimum Gasteiger partial charge on any atom is -0.492 e. The number of hydrogen-bond donors (Lipinski definition) is 1. The van der Waals surface area contributed by atoms with Crippen LogP contribution in [-0.2, 0) is 16.0 Å². The van der Waals surface area contributed by atoms with E-state index >= 15 is 0 Å². The first-order chi connectivity index (χ1) is 17.4. The summed E-state index contributed by atoms with van der Waals surface area (Å²) in [6.45, 7) is 5.57. The SMILES string of the molecule is CCCCCSCCN(CCOc1ccc(CC(OCC)C(=O)O)cc1)C(=O)Oc1ccc(Br)cc1. The third kappa shape index (κ3) is 11.7. The summed E-state index contributed by atoms with van der Waals surface area (Å²) in [5.41, 5.74) is 0.850. The monoisotopic (exact) mass is 581 g/mol. The highest BCUT2D eigenvalue weighted by atomic mass is 79.9. The van der Waals surface area contributed by atoms with Crippen LogP contribution in [0.3, 0.4) is 0 Å². The minimum atomic E-state index is -0.976. The van der Waals surface area contributed by atoms with Gasteiger partial charge in [-0.05, 0) is 61.1 Å². The van der Waals surface area contributed by atoms with Crippen molar-refractivity contribution in [2.24, 2.45) is 0 Å². The number of carbonyl (C=O) groups is 2. The van der Waals surface area contributed by atoms with Crippen molar-refractivity contribution in [3.8, 4) is 11.5 Å². The molecule has 0 saturated heterocycles. The van der Waals surface area contributed by atoms with Gasteiger partial charge in [0.25, 0.3) is 0 Å². The van der Waals surface area contributed by atoms with Crippen LogP contribution in [0.25, 0.3) is 0 Å². The first-order valence-electron chi connectivity index (χ1n) is 12.3. The molecule has 0 fully saturated rings. The van der Waals surface area contributed by atoms with Gasteiger partial charge in [0.1, 0.15) is 18.1 Å². The molecular formula is C27H36BrNO6S. The van der Waals surface area contributed by atoms with Gasteiger partial charge in [-0.3, -0.25) is 0 Å². The highest BCUT2D eigenvalue weighted by molar-refractivity contribution is 9.10. The van der Waals surface area contributed by atoms with Crippen molar-refractivity contribution in [2.75, 3.05) is 37.8 Å². The Morgan fingerprint density at radius 3 is 2.31 bits per heavy atom. The Kier molecular flexibility index (Phi) is 14.4. The molecule has 1 N–H and O–H groups in total. The van der Waals surface area contributed by atoms with Gasteiger partial charge in [0.2, 0.25) is 0 Å². The van der Waals surface area contributed by atoms with Crippen LogP contribution in [0, 0.1) is 0 Å². The number of unbranched alkanes of at least 4 members (excludes halogenated alkanes) is 2. The van der Waals surface area contributed by atoms with Gasteiger partial charge in [-0.2, -0.15) is 11.8 Å². The second-order valence-electron chi connectivity index (χ2n) is 8.11. The van der Waals surface area contributed by atoms with Crippen LogP contribution in [0.4, 0.5) is 4.79 Å². The standard InChI is InChI=1S/C27H36BrNO6S/c1-3-5-6-18-36-19-16-29(27(32)35-24-13-9-22(28)10-14-24)15-17-34-23-11-7-21(8-12-23)20-25(26(30)31)33-4-2/h7-14,25H,3-6,15-20H2,1-2H3,(H,30,31). The van der Waals surface area contributed by atoms with Crippen molar-refractivity contribution in [3.63, 3.8) is 0 Å². The molecule has 0 saturated carbocycles. The zero-order valence-corrected chi connectivity index (χ0v) is 23.4. The molecule has 0 radical (unpaired) electrons. The molecule has 36 heavy (non-hydrogen) atoms. The molecule has 1 amide bonds. The van der Waals surface area contributed by atoms with Crippen LogP contribution >= 0.6 is 27.7 Å². The zero-order valence-electron chi connectivity index (χ0n) is 21.0. The topological polar surface area (TPSA) is 85.3 Å². The summed E-state index contributed by atoms with van der Waals surface area (Å²) in [5, 5.41) is 9.26. The molecule has 7 nitrogen and oxygen atoms in total. The number of amides is 1. The summed E-state index contributed by atoms with van der Waals surface area (Å²) < 4.78 is 17.6. The van der Waals surface area contributed by atoms with Crippen molar-refractivity contribution >= 4 is 39.8 Å². The number of halogens is 1. The normalized spacial score (nSPS) is 11.6. The molecule has 0 aliphatic rings.